The zero-order valence-corrected chi connectivity index (χ0v) is 64.6. The molecule has 3 heterocycles. The lowest BCUT2D eigenvalue weighted by Gasteiger charge is -2.48. The number of unbranched alkanes of at least 4 members (excludes halogenated alkanes) is 51. The van der Waals surface area contributed by atoms with Gasteiger partial charge in [-0.05, 0) is 32.1 Å². The Balaban J connectivity index is 1.31. The molecule has 0 saturated carbocycles. The van der Waals surface area contributed by atoms with Gasteiger partial charge in [0.25, 0.3) is 0 Å². The lowest BCUT2D eigenvalue weighted by atomic mass is 9.96. The fourth-order valence-electron chi connectivity index (χ4n) is 14.7. The number of hydrogen-bond donors (Lipinski definition) is 12. The van der Waals surface area contributed by atoms with Crippen LogP contribution in [0, 0.1) is 0 Å². The summed E-state index contributed by atoms with van der Waals surface area (Å²) in [5, 5.41) is 121. The van der Waals surface area contributed by atoms with Crippen LogP contribution in [0.3, 0.4) is 0 Å². The molecule has 3 rings (SSSR count). The van der Waals surface area contributed by atoms with Gasteiger partial charge in [-0.15, -0.1) is 0 Å². The minimum absolute atomic E-state index is 0.241. The van der Waals surface area contributed by atoms with E-state index in [1.54, 1.807) is 6.08 Å². The largest absolute Gasteiger partial charge is 0.394 e. The molecule has 17 unspecified atom stereocenters. The van der Waals surface area contributed by atoms with Crippen molar-refractivity contribution in [3.05, 3.63) is 24.3 Å². The molecule has 0 aliphatic carbocycles. The summed E-state index contributed by atoms with van der Waals surface area (Å²) < 4.78 is 34.4. The summed E-state index contributed by atoms with van der Waals surface area (Å²) in [5.74, 6) is -0.277. The fraction of sp³-hybridized carbons (Fsp3) is 0.940. The predicted molar refractivity (Wildman–Crippen MR) is 406 cm³/mol. The highest BCUT2D eigenvalue weighted by Crippen LogP contribution is 2.33. The second kappa shape index (κ2) is 64.1. The predicted octanol–water partition coefficient (Wildman–Crippen LogP) is 14.9. The van der Waals surface area contributed by atoms with Crippen LogP contribution in [-0.2, 0) is 33.2 Å². The number of ether oxygens (including phenoxy) is 6. The van der Waals surface area contributed by atoms with Crippen molar-refractivity contribution >= 4 is 5.91 Å². The van der Waals surface area contributed by atoms with Crippen LogP contribution >= 0.6 is 0 Å². The molecule has 3 aliphatic heterocycles. The molecule has 0 aromatic heterocycles. The molecule has 0 radical (unpaired) electrons. The van der Waals surface area contributed by atoms with Gasteiger partial charge in [0.1, 0.15) is 73.2 Å². The summed E-state index contributed by atoms with van der Waals surface area (Å²) in [7, 11) is 0. The monoisotopic (exact) mass is 1460 g/mol. The molecule has 3 fully saturated rings. The smallest absolute Gasteiger partial charge is 0.220 e. The van der Waals surface area contributed by atoms with Gasteiger partial charge in [0, 0.05) is 6.42 Å². The van der Waals surface area contributed by atoms with Crippen LogP contribution in [0.1, 0.15) is 367 Å². The van der Waals surface area contributed by atoms with E-state index in [1.165, 1.54) is 295 Å². The van der Waals surface area contributed by atoms with Crippen LogP contribution < -0.4 is 5.32 Å². The molecule has 1 amide bonds. The highest BCUT2D eigenvalue weighted by atomic mass is 16.8. The molecule has 3 aliphatic rings. The Morgan fingerprint density at radius 3 is 0.980 bits per heavy atom. The average Bonchev–Trinajstić information content (AvgIpc) is 0.774. The van der Waals surface area contributed by atoms with Gasteiger partial charge in [0.2, 0.25) is 5.91 Å². The zero-order valence-electron chi connectivity index (χ0n) is 64.6. The average molecular weight is 1460 g/mol. The number of carbonyl (C=O) groups is 1. The van der Waals surface area contributed by atoms with Crippen molar-refractivity contribution in [1.29, 1.82) is 0 Å². The summed E-state index contributed by atoms with van der Waals surface area (Å²) in [6, 6.07) is -0.988. The normalized spacial score (nSPS) is 26.2. The van der Waals surface area contributed by atoms with E-state index >= 15 is 0 Å². The highest BCUT2D eigenvalue weighted by Gasteiger charge is 2.54. The number of nitrogens with one attached hydrogen (secondary N) is 1. The molecule has 19 heteroatoms. The van der Waals surface area contributed by atoms with Gasteiger partial charge in [-0.1, -0.05) is 353 Å². The van der Waals surface area contributed by atoms with Crippen molar-refractivity contribution < 1.29 is 89.4 Å². The Hall–Kier alpha value is -1.73. The molecule has 0 bridgehead atoms. The second-order valence-corrected chi connectivity index (χ2v) is 30.6. The number of allylic oxidation sites excluding steroid dienone is 3. The Labute approximate surface area is 619 Å². The first-order valence-corrected chi connectivity index (χ1v) is 42.6. The van der Waals surface area contributed by atoms with Gasteiger partial charge in [-0.2, -0.15) is 0 Å². The summed E-state index contributed by atoms with van der Waals surface area (Å²) >= 11 is 0. The van der Waals surface area contributed by atoms with Gasteiger partial charge < -0.3 is 89.9 Å². The van der Waals surface area contributed by atoms with E-state index in [0.29, 0.717) is 12.8 Å². The fourth-order valence-corrected chi connectivity index (χ4v) is 14.7. The van der Waals surface area contributed by atoms with E-state index in [4.69, 9.17) is 28.4 Å². The Kier molecular flexibility index (Phi) is 59.4. The third-order valence-corrected chi connectivity index (χ3v) is 21.5. The number of hydrogen-bond acceptors (Lipinski definition) is 18. The summed E-state index contributed by atoms with van der Waals surface area (Å²) in [6.45, 7) is 1.77. The van der Waals surface area contributed by atoms with Crippen LogP contribution in [0.15, 0.2) is 24.3 Å². The molecule has 102 heavy (non-hydrogen) atoms. The maximum absolute atomic E-state index is 13.5. The topological polar surface area (TPSA) is 307 Å². The van der Waals surface area contributed by atoms with Crippen LogP contribution in [0.5, 0.6) is 0 Å². The Bertz CT molecular complexity index is 1940. The van der Waals surface area contributed by atoms with Crippen molar-refractivity contribution in [2.45, 2.75) is 471 Å². The van der Waals surface area contributed by atoms with Gasteiger partial charge in [0.05, 0.1) is 38.6 Å². The summed E-state index contributed by atoms with van der Waals surface area (Å²) in [4.78, 5) is 13.5. The Morgan fingerprint density at radius 2 is 0.627 bits per heavy atom. The number of amides is 1. The third kappa shape index (κ3) is 43.5. The van der Waals surface area contributed by atoms with Crippen LogP contribution in [0.4, 0.5) is 0 Å². The number of carbonyl (C=O) groups excluding carboxylic acids is 1. The first-order valence-electron chi connectivity index (χ1n) is 42.6. The molecular weight excluding hydrogens is 1300 g/mol. The van der Waals surface area contributed by atoms with Crippen LogP contribution in [0.25, 0.3) is 0 Å². The zero-order chi connectivity index (χ0) is 73.9. The molecule has 0 aromatic rings. The molecule has 17 atom stereocenters. The Morgan fingerprint density at radius 1 is 0.343 bits per heavy atom. The van der Waals surface area contributed by atoms with Crippen LogP contribution in [-0.4, -0.2) is 193 Å². The molecule has 0 aromatic carbocycles. The third-order valence-electron chi connectivity index (χ3n) is 21.5. The van der Waals surface area contributed by atoms with E-state index in [0.717, 1.165) is 38.5 Å². The quantitative estimate of drug-likeness (QED) is 0.0199. The van der Waals surface area contributed by atoms with Crippen molar-refractivity contribution in [2.24, 2.45) is 0 Å². The van der Waals surface area contributed by atoms with E-state index in [1.807, 2.05) is 6.08 Å². The molecule has 3 saturated heterocycles. The minimum Gasteiger partial charge on any atom is -0.394 e. The number of aliphatic hydroxyl groups is 11. The first kappa shape index (κ1) is 94.5. The molecule has 19 nitrogen and oxygen atoms in total. The second-order valence-electron chi connectivity index (χ2n) is 30.6. The molecular formula is C83H157NO18. The van der Waals surface area contributed by atoms with Crippen molar-refractivity contribution in [2.75, 3.05) is 26.4 Å². The van der Waals surface area contributed by atoms with Crippen LogP contribution in [0.2, 0.25) is 0 Å². The highest BCUT2D eigenvalue weighted by molar-refractivity contribution is 5.76. The molecule has 0 spiro atoms. The SMILES string of the molecule is CCCCCCCCCCCCCCC/C=C/CC/C=C/C(O)C(COC1OC(CO)C(OC2OC(CO)C(OC3OC(CO)C(O)C(O)C3O)C(O)C2O)C(O)C1O)NC(=O)CCCCCCCCCCCCCCCCCCCCCCCCCCCCCCCCCCCCCCCC. The van der Waals surface area contributed by atoms with Crippen molar-refractivity contribution in [3.8, 4) is 0 Å². The van der Waals surface area contributed by atoms with Gasteiger partial charge in [-0.25, -0.2) is 0 Å². The standard InChI is InChI=1S/C83H157NO18/c1-3-5-7-9-11-13-15-17-19-21-23-24-25-26-27-28-29-30-31-32-33-34-35-36-37-38-39-40-41-43-45-47-49-51-53-55-57-59-61-71(89)84-66(67(88)60-58-56-54-52-50-48-46-44-42-22-20-18-16-14-12-10-8-6-4-2)65-97-81-77(95)74(92)79(69(63-86)99-81)102-83-78(96)75(93)80(70(64-87)100-83)101-82-76(94)73(91)72(90)68(62-85)98-82/h50,52,58,60,66-70,72-83,85-88,90-96H,3-49,51,53-57,59,61-65H2,1-2H3,(H,84,89)/b52-50+,60-58+. The summed E-state index contributed by atoms with van der Waals surface area (Å²) in [6.07, 6.45) is 52.1. The van der Waals surface area contributed by atoms with E-state index < -0.39 is 124 Å². The van der Waals surface area contributed by atoms with Crippen molar-refractivity contribution in [3.63, 3.8) is 0 Å². The molecule has 602 valence electrons. The van der Waals surface area contributed by atoms with E-state index in [2.05, 4.69) is 31.3 Å². The van der Waals surface area contributed by atoms with Gasteiger partial charge in [-0.3, -0.25) is 4.79 Å². The number of aliphatic hydroxyl groups excluding tert-OH is 11. The maximum Gasteiger partial charge on any atom is 0.220 e. The van der Waals surface area contributed by atoms with Gasteiger partial charge in [0.15, 0.2) is 18.9 Å². The van der Waals surface area contributed by atoms with E-state index in [-0.39, 0.29) is 18.9 Å². The molecule has 12 N–H and O–H groups in total. The first-order chi connectivity index (χ1) is 49.8. The summed E-state index contributed by atoms with van der Waals surface area (Å²) in [5.41, 5.74) is 0. The lowest BCUT2D eigenvalue weighted by Crippen LogP contribution is -2.66. The van der Waals surface area contributed by atoms with E-state index in [9.17, 15) is 61.0 Å². The lowest BCUT2D eigenvalue weighted by molar-refractivity contribution is -0.379. The van der Waals surface area contributed by atoms with Gasteiger partial charge >= 0.3 is 0 Å². The minimum atomic E-state index is -1.98. The van der Waals surface area contributed by atoms with Crippen molar-refractivity contribution in [1.82, 2.24) is 5.32 Å². The maximum atomic E-state index is 13.5. The number of rotatable bonds is 69.